The van der Waals surface area contributed by atoms with Crippen LogP contribution in [0.2, 0.25) is 0 Å². The first-order chi connectivity index (χ1) is 9.49. The summed E-state index contributed by atoms with van der Waals surface area (Å²) >= 11 is 3.39. The topological polar surface area (TPSA) is 65.2 Å². The van der Waals surface area contributed by atoms with Gasteiger partial charge in [0.25, 0.3) is 0 Å². The van der Waals surface area contributed by atoms with E-state index in [0.29, 0.717) is 16.3 Å². The van der Waals surface area contributed by atoms with Crippen molar-refractivity contribution in [2.75, 3.05) is 12.8 Å². The lowest BCUT2D eigenvalue weighted by molar-refractivity contribution is 0.413. The lowest BCUT2D eigenvalue weighted by Gasteiger charge is -2.08. The van der Waals surface area contributed by atoms with Gasteiger partial charge in [0.15, 0.2) is 0 Å². The summed E-state index contributed by atoms with van der Waals surface area (Å²) < 4.78 is 18.4. The van der Waals surface area contributed by atoms with E-state index in [2.05, 4.69) is 20.9 Å². The van der Waals surface area contributed by atoms with E-state index in [0.717, 1.165) is 21.6 Å². The van der Waals surface area contributed by atoms with Crippen molar-refractivity contribution in [3.8, 4) is 5.75 Å². The zero-order valence-electron chi connectivity index (χ0n) is 11.2. The van der Waals surface area contributed by atoms with Crippen molar-refractivity contribution in [2.45, 2.75) is 17.6 Å². The maximum atomic E-state index is 12.4. The van der Waals surface area contributed by atoms with Crippen LogP contribution in [0.5, 0.6) is 5.75 Å². The highest BCUT2D eigenvalue weighted by Gasteiger charge is 2.11. The molecule has 0 amide bonds. The number of nitrogen functional groups attached to an aromatic ring is 1. The molecule has 1 aromatic carbocycles. The van der Waals surface area contributed by atoms with Crippen LogP contribution in [0.3, 0.4) is 0 Å². The quantitative estimate of drug-likeness (QED) is 0.857. The first-order valence-corrected chi connectivity index (χ1v) is 8.05. The second-order valence-corrected chi connectivity index (χ2v) is 6.59. The van der Waals surface area contributed by atoms with Crippen molar-refractivity contribution in [2.24, 2.45) is 0 Å². The van der Waals surface area contributed by atoms with Crippen LogP contribution in [0.15, 0.2) is 39.7 Å². The number of aromatic nitrogens is 1. The predicted octanol–water partition coefficient (Wildman–Crippen LogP) is 3.05. The van der Waals surface area contributed by atoms with E-state index >= 15 is 0 Å². The van der Waals surface area contributed by atoms with Gasteiger partial charge < -0.3 is 10.5 Å². The first kappa shape index (κ1) is 15.0. The number of methoxy groups -OCH3 is 1. The van der Waals surface area contributed by atoms with Gasteiger partial charge in [0.05, 0.1) is 34.3 Å². The maximum Gasteiger partial charge on any atom is 0.122 e. The van der Waals surface area contributed by atoms with Gasteiger partial charge in [0.1, 0.15) is 5.75 Å². The number of nitrogens with zero attached hydrogens (tertiary/aromatic N) is 1. The molecule has 0 aliphatic heterocycles. The molecule has 2 aromatic rings. The van der Waals surface area contributed by atoms with Gasteiger partial charge in [-0.05, 0) is 41.1 Å². The van der Waals surface area contributed by atoms with Gasteiger partial charge in [-0.15, -0.1) is 0 Å². The van der Waals surface area contributed by atoms with E-state index in [1.54, 1.807) is 31.4 Å². The summed E-state index contributed by atoms with van der Waals surface area (Å²) in [4.78, 5) is 5.09. The number of halogens is 1. The fraction of sp³-hybridized carbons (Fsp3) is 0.214. The smallest absolute Gasteiger partial charge is 0.122 e. The molecule has 1 aromatic heterocycles. The minimum absolute atomic E-state index is 0.334. The van der Waals surface area contributed by atoms with E-state index in [1.165, 1.54) is 0 Å². The van der Waals surface area contributed by atoms with Crippen molar-refractivity contribution in [3.63, 3.8) is 0 Å². The average Bonchev–Trinajstić information content (AvgIpc) is 2.37. The van der Waals surface area contributed by atoms with Crippen LogP contribution in [-0.4, -0.2) is 16.3 Å². The van der Waals surface area contributed by atoms with Crippen molar-refractivity contribution in [3.05, 3.63) is 46.2 Å². The Balaban J connectivity index is 2.25. The number of benzene rings is 1. The van der Waals surface area contributed by atoms with E-state index in [1.807, 2.05) is 13.0 Å². The molecule has 2 rings (SSSR count). The van der Waals surface area contributed by atoms with Crippen molar-refractivity contribution in [1.29, 1.82) is 0 Å². The van der Waals surface area contributed by atoms with Gasteiger partial charge in [-0.3, -0.25) is 9.19 Å². The molecule has 0 spiro atoms. The van der Waals surface area contributed by atoms with Crippen LogP contribution in [0.25, 0.3) is 0 Å². The highest BCUT2D eigenvalue weighted by Crippen LogP contribution is 2.25. The van der Waals surface area contributed by atoms with Gasteiger partial charge in [-0.2, -0.15) is 0 Å². The largest absolute Gasteiger partial charge is 0.497 e. The summed E-state index contributed by atoms with van der Waals surface area (Å²) in [7, 11) is 0.410. The number of rotatable bonds is 4. The summed E-state index contributed by atoms with van der Waals surface area (Å²) in [6, 6.07) is 8.89. The molecule has 20 heavy (non-hydrogen) atoms. The molecule has 0 saturated heterocycles. The van der Waals surface area contributed by atoms with Crippen LogP contribution in [0, 0.1) is 6.92 Å². The van der Waals surface area contributed by atoms with Gasteiger partial charge in [-0.25, -0.2) is 0 Å². The van der Waals surface area contributed by atoms with Crippen molar-refractivity contribution < 1.29 is 8.95 Å². The van der Waals surface area contributed by atoms with E-state index in [-0.39, 0.29) is 0 Å². The van der Waals surface area contributed by atoms with Crippen LogP contribution in [0.1, 0.15) is 11.4 Å². The Bertz CT molecular complexity index is 662. The zero-order chi connectivity index (χ0) is 14.7. The Morgan fingerprint density at radius 1 is 1.35 bits per heavy atom. The molecule has 0 aliphatic rings. The summed E-state index contributed by atoms with van der Waals surface area (Å²) in [5.41, 5.74) is 7.89. The van der Waals surface area contributed by atoms with Crippen molar-refractivity contribution >= 4 is 32.4 Å². The van der Waals surface area contributed by atoms with Crippen LogP contribution < -0.4 is 10.5 Å². The number of nitrogens with two attached hydrogens (primary N) is 1. The minimum atomic E-state index is -1.19. The normalized spacial score (nSPS) is 12.2. The summed E-state index contributed by atoms with van der Waals surface area (Å²) in [6.45, 7) is 1.88. The van der Waals surface area contributed by atoms with Crippen LogP contribution in [0.4, 0.5) is 5.69 Å². The second kappa shape index (κ2) is 6.37. The molecule has 0 bridgehead atoms. The Hall–Kier alpha value is -1.40. The number of pyridine rings is 1. The number of hydrogen-bond acceptors (Lipinski definition) is 4. The Kier molecular flexibility index (Phi) is 4.77. The zero-order valence-corrected chi connectivity index (χ0v) is 13.6. The van der Waals surface area contributed by atoms with Crippen LogP contribution in [-0.2, 0) is 16.6 Å². The molecule has 0 radical (unpaired) electrons. The first-order valence-electron chi connectivity index (χ1n) is 5.94. The monoisotopic (exact) mass is 354 g/mol. The van der Waals surface area contributed by atoms with E-state index < -0.39 is 10.8 Å². The second-order valence-electron chi connectivity index (χ2n) is 4.32. The van der Waals surface area contributed by atoms with Gasteiger partial charge in [0.2, 0.25) is 0 Å². The third-order valence-electron chi connectivity index (χ3n) is 2.70. The fourth-order valence-electron chi connectivity index (χ4n) is 1.81. The average molecular weight is 355 g/mol. The summed E-state index contributed by atoms with van der Waals surface area (Å²) in [5.74, 6) is 1.06. The molecule has 1 atom stereocenters. The SMILES string of the molecule is COc1cc(C)nc(CS(=O)c2ccc(N)cc2Br)c1. The van der Waals surface area contributed by atoms with E-state index in [9.17, 15) is 4.21 Å². The van der Waals surface area contributed by atoms with Gasteiger partial charge >= 0.3 is 0 Å². The molecule has 0 fully saturated rings. The molecule has 1 heterocycles. The Labute approximate surface area is 128 Å². The molecule has 4 nitrogen and oxygen atoms in total. The molecule has 1 unspecified atom stereocenters. The standard InChI is InChI=1S/C14H15BrN2O2S/c1-9-5-12(19-2)7-11(17-9)8-20(18)14-4-3-10(16)6-13(14)15/h3-7H,8,16H2,1-2H3. The predicted molar refractivity (Wildman–Crippen MR) is 84.2 cm³/mol. The fourth-order valence-corrected chi connectivity index (χ4v) is 3.81. The van der Waals surface area contributed by atoms with Gasteiger partial charge in [0, 0.05) is 28.0 Å². The highest BCUT2D eigenvalue weighted by molar-refractivity contribution is 9.10. The minimum Gasteiger partial charge on any atom is -0.497 e. The van der Waals surface area contributed by atoms with Crippen molar-refractivity contribution in [1.82, 2.24) is 4.98 Å². The Morgan fingerprint density at radius 3 is 2.75 bits per heavy atom. The highest BCUT2D eigenvalue weighted by atomic mass is 79.9. The summed E-state index contributed by atoms with van der Waals surface area (Å²) in [6.07, 6.45) is 0. The lowest BCUT2D eigenvalue weighted by atomic mass is 10.3. The van der Waals surface area contributed by atoms with E-state index in [4.69, 9.17) is 10.5 Å². The molecule has 2 N–H and O–H groups in total. The third-order valence-corrected chi connectivity index (χ3v) is 5.02. The molecule has 6 heteroatoms. The molecule has 106 valence electrons. The maximum absolute atomic E-state index is 12.4. The number of anilines is 1. The number of aryl methyl sites for hydroxylation is 1. The number of hydrogen-bond donors (Lipinski definition) is 1. The molecule has 0 aliphatic carbocycles. The van der Waals surface area contributed by atoms with Gasteiger partial charge in [-0.1, -0.05) is 0 Å². The van der Waals surface area contributed by atoms with Crippen LogP contribution >= 0.6 is 15.9 Å². The third kappa shape index (κ3) is 3.58. The molecular weight excluding hydrogens is 340 g/mol. The number of ether oxygens (including phenoxy) is 1. The summed E-state index contributed by atoms with van der Waals surface area (Å²) in [5, 5.41) is 0. The molecular formula is C14H15BrN2O2S. The lowest BCUT2D eigenvalue weighted by Crippen LogP contribution is -2.02. The molecule has 0 saturated carbocycles. The Morgan fingerprint density at radius 2 is 2.10 bits per heavy atom.